The fourth-order valence-electron chi connectivity index (χ4n) is 1.63. The van der Waals surface area contributed by atoms with Crippen molar-refractivity contribution in [3.8, 4) is 5.75 Å². The van der Waals surface area contributed by atoms with E-state index in [1.54, 1.807) is 25.3 Å². The molecular weight excluding hydrogens is 280 g/mol. The van der Waals surface area contributed by atoms with Gasteiger partial charge in [-0.1, -0.05) is 6.92 Å². The first-order chi connectivity index (χ1) is 9.45. The molecule has 0 fully saturated rings. The molecule has 0 aromatic heterocycles. The van der Waals surface area contributed by atoms with Gasteiger partial charge in [-0.05, 0) is 19.4 Å². The van der Waals surface area contributed by atoms with Crippen molar-refractivity contribution in [3.05, 3.63) is 28.3 Å². The van der Waals surface area contributed by atoms with Crippen LogP contribution in [0.3, 0.4) is 0 Å². The summed E-state index contributed by atoms with van der Waals surface area (Å²) in [6.07, 6.45) is 2.45. The molecule has 0 aliphatic rings. The number of nitrogens with zero attached hydrogens (tertiary/aromatic N) is 1. The van der Waals surface area contributed by atoms with E-state index in [9.17, 15) is 14.3 Å². The first kappa shape index (κ1) is 16.4. The Bertz CT molecular complexity index is 493. The Balaban J connectivity index is 2.69. The quantitative estimate of drug-likeness (QED) is 0.589. The van der Waals surface area contributed by atoms with Crippen LogP contribution < -0.4 is 10.1 Å². The van der Waals surface area contributed by atoms with Crippen LogP contribution in [0.25, 0.3) is 0 Å². The molecule has 0 radical (unpaired) electrons. The molecule has 112 valence electrons. The van der Waals surface area contributed by atoms with E-state index in [0.717, 1.165) is 12.1 Å². The molecular formula is C13H20N2O4S. The van der Waals surface area contributed by atoms with E-state index in [2.05, 4.69) is 5.32 Å². The minimum absolute atomic E-state index is 0.0413. The lowest BCUT2D eigenvalue weighted by atomic mass is 10.2. The van der Waals surface area contributed by atoms with Crippen LogP contribution in [0.4, 0.5) is 11.4 Å². The lowest BCUT2D eigenvalue weighted by molar-refractivity contribution is -0.385. The summed E-state index contributed by atoms with van der Waals surface area (Å²) in [6.45, 7) is 4.74. The summed E-state index contributed by atoms with van der Waals surface area (Å²) in [6, 6.07) is 4.69. The van der Waals surface area contributed by atoms with Crippen LogP contribution in [-0.4, -0.2) is 33.8 Å². The van der Waals surface area contributed by atoms with Gasteiger partial charge in [0.2, 0.25) is 0 Å². The predicted molar refractivity (Wildman–Crippen MR) is 80.9 cm³/mol. The number of anilines is 1. The van der Waals surface area contributed by atoms with Crippen LogP contribution in [0.15, 0.2) is 18.2 Å². The molecule has 20 heavy (non-hydrogen) atoms. The highest BCUT2D eigenvalue weighted by Crippen LogP contribution is 2.30. The lowest BCUT2D eigenvalue weighted by Crippen LogP contribution is -2.14. The van der Waals surface area contributed by atoms with Crippen LogP contribution in [-0.2, 0) is 10.8 Å². The van der Waals surface area contributed by atoms with Crippen molar-refractivity contribution in [2.45, 2.75) is 25.5 Å². The van der Waals surface area contributed by atoms with Crippen LogP contribution in [0.2, 0.25) is 0 Å². The number of nitro benzene ring substituents is 1. The van der Waals surface area contributed by atoms with Gasteiger partial charge in [-0.25, -0.2) is 0 Å². The number of hydrogen-bond acceptors (Lipinski definition) is 5. The number of rotatable bonds is 8. The summed E-state index contributed by atoms with van der Waals surface area (Å²) in [4.78, 5) is 10.4. The zero-order chi connectivity index (χ0) is 15.1. The number of benzene rings is 1. The van der Waals surface area contributed by atoms with Crippen molar-refractivity contribution >= 4 is 22.2 Å². The molecule has 1 aromatic carbocycles. The molecule has 0 bridgehead atoms. The second kappa shape index (κ2) is 7.84. The normalized spacial score (nSPS) is 13.6. The molecule has 0 aliphatic carbocycles. The molecule has 1 N–H and O–H groups in total. The van der Waals surface area contributed by atoms with Crippen LogP contribution >= 0.6 is 0 Å². The van der Waals surface area contributed by atoms with E-state index in [-0.39, 0.29) is 16.7 Å². The Labute approximate surface area is 121 Å². The van der Waals surface area contributed by atoms with E-state index in [1.165, 1.54) is 6.07 Å². The number of nitro groups is 1. The second-order valence-corrected chi connectivity index (χ2v) is 6.20. The summed E-state index contributed by atoms with van der Waals surface area (Å²) < 4.78 is 16.5. The Morgan fingerprint density at radius 2 is 2.20 bits per heavy atom. The monoisotopic (exact) mass is 300 g/mol. The van der Waals surface area contributed by atoms with Crippen LogP contribution in [0.1, 0.15) is 20.3 Å². The van der Waals surface area contributed by atoms with Crippen LogP contribution in [0.5, 0.6) is 5.75 Å². The van der Waals surface area contributed by atoms with Gasteiger partial charge in [-0.2, -0.15) is 0 Å². The summed E-state index contributed by atoms with van der Waals surface area (Å²) in [5, 5.41) is 14.1. The summed E-state index contributed by atoms with van der Waals surface area (Å²) >= 11 is 0. The van der Waals surface area contributed by atoms with Crippen molar-refractivity contribution in [1.82, 2.24) is 0 Å². The lowest BCUT2D eigenvalue weighted by Gasteiger charge is -2.11. The third-order valence-electron chi connectivity index (χ3n) is 2.90. The van der Waals surface area contributed by atoms with Gasteiger partial charge in [-0.15, -0.1) is 0 Å². The first-order valence-corrected chi connectivity index (χ1v) is 8.05. The van der Waals surface area contributed by atoms with Gasteiger partial charge in [0.25, 0.3) is 0 Å². The maximum absolute atomic E-state index is 11.2. The maximum atomic E-state index is 11.2. The predicted octanol–water partition coefficient (Wildman–Crippen LogP) is 2.56. The molecule has 0 amide bonds. The highest BCUT2D eigenvalue weighted by molar-refractivity contribution is 7.84. The molecule has 7 heteroatoms. The Morgan fingerprint density at radius 3 is 2.75 bits per heavy atom. The molecule has 0 heterocycles. The summed E-state index contributed by atoms with van der Waals surface area (Å²) in [5.41, 5.74) is 0.716. The third-order valence-corrected chi connectivity index (χ3v) is 4.27. The summed E-state index contributed by atoms with van der Waals surface area (Å²) in [7, 11) is -0.839. The molecule has 1 aromatic rings. The van der Waals surface area contributed by atoms with Crippen molar-refractivity contribution in [2.24, 2.45) is 0 Å². The van der Waals surface area contributed by atoms with E-state index in [1.807, 2.05) is 6.92 Å². The fourth-order valence-corrected chi connectivity index (χ4v) is 2.08. The topological polar surface area (TPSA) is 81.5 Å². The van der Waals surface area contributed by atoms with Crippen molar-refractivity contribution in [2.75, 3.05) is 24.7 Å². The van der Waals surface area contributed by atoms with Gasteiger partial charge in [-0.3, -0.25) is 14.3 Å². The standard InChI is InChI=1S/C13H20N2O4S/c1-4-19-13-9-11(5-6-12(13)15(16)17)14-8-7-10(2)20(3)18/h5-6,9-10,14H,4,7-8H2,1-3H3. The minimum atomic E-state index is -0.839. The highest BCUT2D eigenvalue weighted by Gasteiger charge is 2.15. The largest absolute Gasteiger partial charge is 0.487 e. The van der Waals surface area contributed by atoms with Gasteiger partial charge in [0.05, 0.1) is 11.5 Å². The average Bonchev–Trinajstić information content (AvgIpc) is 2.38. The summed E-state index contributed by atoms with van der Waals surface area (Å²) in [5.74, 6) is 0.259. The molecule has 2 atom stereocenters. The Kier molecular flexibility index (Phi) is 6.44. The molecule has 0 spiro atoms. The van der Waals surface area contributed by atoms with Crippen LogP contribution in [0, 0.1) is 10.1 Å². The smallest absolute Gasteiger partial charge is 0.311 e. The van der Waals surface area contributed by atoms with Gasteiger partial charge in [0.1, 0.15) is 0 Å². The Morgan fingerprint density at radius 1 is 1.50 bits per heavy atom. The molecule has 0 saturated heterocycles. The van der Waals surface area contributed by atoms with Crippen molar-refractivity contribution < 1.29 is 13.9 Å². The van der Waals surface area contributed by atoms with Crippen molar-refractivity contribution in [3.63, 3.8) is 0 Å². The maximum Gasteiger partial charge on any atom is 0.311 e. The molecule has 1 rings (SSSR count). The number of nitrogens with one attached hydrogen (secondary N) is 1. The zero-order valence-electron chi connectivity index (χ0n) is 11.9. The fraction of sp³-hybridized carbons (Fsp3) is 0.538. The van der Waals surface area contributed by atoms with Gasteiger partial charge in [0.15, 0.2) is 5.75 Å². The minimum Gasteiger partial charge on any atom is -0.487 e. The molecule has 0 saturated carbocycles. The number of ether oxygens (including phenoxy) is 1. The molecule has 0 aliphatic heterocycles. The SMILES string of the molecule is CCOc1cc(NCCC(C)S(C)=O)ccc1[N+](=O)[O-]. The van der Waals surface area contributed by atoms with E-state index in [0.29, 0.717) is 13.2 Å². The zero-order valence-corrected chi connectivity index (χ0v) is 12.7. The van der Waals surface area contributed by atoms with Gasteiger partial charge >= 0.3 is 5.69 Å². The molecule has 2 unspecified atom stereocenters. The Hall–Kier alpha value is -1.63. The molecule has 6 nitrogen and oxygen atoms in total. The first-order valence-electron chi connectivity index (χ1n) is 6.43. The third kappa shape index (κ3) is 4.80. The van der Waals surface area contributed by atoms with E-state index < -0.39 is 15.7 Å². The number of hydrogen-bond donors (Lipinski definition) is 1. The average molecular weight is 300 g/mol. The highest BCUT2D eigenvalue weighted by atomic mass is 32.2. The van der Waals surface area contributed by atoms with Gasteiger partial charge < -0.3 is 10.1 Å². The van der Waals surface area contributed by atoms with Gasteiger partial charge in [0, 0.05) is 46.7 Å². The van der Waals surface area contributed by atoms with E-state index in [4.69, 9.17) is 4.74 Å². The van der Waals surface area contributed by atoms with E-state index >= 15 is 0 Å². The second-order valence-electron chi connectivity index (χ2n) is 4.40. The van der Waals surface area contributed by atoms with Crippen molar-refractivity contribution in [1.29, 1.82) is 0 Å².